The molecule has 1 aromatic rings. The SMILES string of the molecule is CCCCC1CCC(C(=O)Nc2ccc(N3CCC(OC)CC3)cc2)CC1. The van der Waals surface area contributed by atoms with Gasteiger partial charge in [0.15, 0.2) is 0 Å². The van der Waals surface area contributed by atoms with Crippen molar-refractivity contribution in [1.82, 2.24) is 0 Å². The predicted octanol–water partition coefficient (Wildman–Crippen LogP) is 5.24. The summed E-state index contributed by atoms with van der Waals surface area (Å²) in [4.78, 5) is 15.0. The Morgan fingerprint density at radius 2 is 1.74 bits per heavy atom. The molecular formula is C23H36N2O2. The van der Waals surface area contributed by atoms with E-state index in [1.54, 1.807) is 7.11 Å². The number of benzene rings is 1. The van der Waals surface area contributed by atoms with Gasteiger partial charge in [0.2, 0.25) is 5.91 Å². The number of ether oxygens (including phenoxy) is 1. The lowest BCUT2D eigenvalue weighted by atomic mass is 9.79. The van der Waals surface area contributed by atoms with Crippen LogP contribution in [0.15, 0.2) is 24.3 Å². The van der Waals surface area contributed by atoms with Gasteiger partial charge in [-0.05, 0) is 68.7 Å². The molecule has 0 unspecified atom stereocenters. The molecule has 4 nitrogen and oxygen atoms in total. The minimum atomic E-state index is 0.190. The lowest BCUT2D eigenvalue weighted by molar-refractivity contribution is -0.121. The first-order valence-corrected chi connectivity index (χ1v) is 10.9. The van der Waals surface area contributed by atoms with Gasteiger partial charge in [-0.1, -0.05) is 26.2 Å². The molecule has 0 radical (unpaired) electrons. The number of amides is 1. The quantitative estimate of drug-likeness (QED) is 0.712. The number of carbonyl (C=O) groups excluding carboxylic acids is 1. The Hall–Kier alpha value is -1.55. The second-order valence-corrected chi connectivity index (χ2v) is 8.32. The molecule has 1 heterocycles. The van der Waals surface area contributed by atoms with E-state index in [1.807, 2.05) is 12.1 Å². The van der Waals surface area contributed by atoms with Crippen LogP contribution in [0, 0.1) is 11.8 Å². The average Bonchev–Trinajstić information content (AvgIpc) is 2.73. The van der Waals surface area contributed by atoms with Crippen molar-refractivity contribution >= 4 is 17.3 Å². The maximum atomic E-state index is 12.6. The van der Waals surface area contributed by atoms with Gasteiger partial charge in [-0.3, -0.25) is 4.79 Å². The number of piperidine rings is 1. The summed E-state index contributed by atoms with van der Waals surface area (Å²) in [5.41, 5.74) is 2.16. The molecule has 0 aromatic heterocycles. The van der Waals surface area contributed by atoms with E-state index < -0.39 is 0 Å². The maximum absolute atomic E-state index is 12.6. The van der Waals surface area contributed by atoms with Gasteiger partial charge in [-0.2, -0.15) is 0 Å². The van der Waals surface area contributed by atoms with Crippen LogP contribution in [-0.2, 0) is 9.53 Å². The molecule has 0 spiro atoms. The zero-order valence-electron chi connectivity index (χ0n) is 17.1. The Morgan fingerprint density at radius 3 is 2.33 bits per heavy atom. The number of nitrogens with one attached hydrogen (secondary N) is 1. The molecule has 2 aliphatic rings. The van der Waals surface area contributed by atoms with Crippen molar-refractivity contribution in [3.8, 4) is 0 Å². The summed E-state index contributed by atoms with van der Waals surface area (Å²) in [5, 5.41) is 3.14. The summed E-state index contributed by atoms with van der Waals surface area (Å²) in [7, 11) is 1.80. The van der Waals surface area contributed by atoms with E-state index >= 15 is 0 Å². The van der Waals surface area contributed by atoms with Crippen LogP contribution in [0.4, 0.5) is 11.4 Å². The first-order valence-electron chi connectivity index (χ1n) is 10.9. The van der Waals surface area contributed by atoms with Crippen LogP contribution < -0.4 is 10.2 Å². The highest BCUT2D eigenvalue weighted by Gasteiger charge is 2.26. The van der Waals surface area contributed by atoms with E-state index in [9.17, 15) is 4.79 Å². The van der Waals surface area contributed by atoms with E-state index in [-0.39, 0.29) is 11.8 Å². The first kappa shape index (κ1) is 20.2. The molecule has 1 saturated heterocycles. The molecule has 1 aliphatic heterocycles. The maximum Gasteiger partial charge on any atom is 0.227 e. The van der Waals surface area contributed by atoms with E-state index in [1.165, 1.54) is 37.8 Å². The van der Waals surface area contributed by atoms with Crippen molar-refractivity contribution in [2.75, 3.05) is 30.4 Å². The molecule has 3 rings (SSSR count). The van der Waals surface area contributed by atoms with Crippen LogP contribution in [-0.4, -0.2) is 32.2 Å². The Labute approximate surface area is 164 Å². The van der Waals surface area contributed by atoms with Crippen LogP contribution in [0.5, 0.6) is 0 Å². The molecule has 0 bridgehead atoms. The second kappa shape index (κ2) is 10.1. The van der Waals surface area contributed by atoms with Crippen molar-refractivity contribution in [2.45, 2.75) is 70.8 Å². The third-order valence-corrected chi connectivity index (χ3v) is 6.46. The zero-order chi connectivity index (χ0) is 19.1. The number of hydrogen-bond donors (Lipinski definition) is 1. The van der Waals surface area contributed by atoms with Crippen LogP contribution >= 0.6 is 0 Å². The molecule has 1 aliphatic carbocycles. The molecule has 1 N–H and O–H groups in total. The Bertz CT molecular complexity index is 571. The fourth-order valence-electron chi connectivity index (χ4n) is 4.56. The molecule has 27 heavy (non-hydrogen) atoms. The zero-order valence-corrected chi connectivity index (χ0v) is 17.1. The predicted molar refractivity (Wildman–Crippen MR) is 112 cm³/mol. The number of rotatable bonds is 7. The minimum Gasteiger partial charge on any atom is -0.381 e. The van der Waals surface area contributed by atoms with Crippen LogP contribution in [0.3, 0.4) is 0 Å². The number of carbonyl (C=O) groups is 1. The summed E-state index contributed by atoms with van der Waals surface area (Å²) < 4.78 is 5.45. The molecule has 4 heteroatoms. The van der Waals surface area contributed by atoms with Crippen LogP contribution in [0.1, 0.15) is 64.7 Å². The van der Waals surface area contributed by atoms with Crippen LogP contribution in [0.2, 0.25) is 0 Å². The number of hydrogen-bond acceptors (Lipinski definition) is 3. The molecule has 0 atom stereocenters. The summed E-state index contributed by atoms with van der Waals surface area (Å²) >= 11 is 0. The lowest BCUT2D eigenvalue weighted by Gasteiger charge is -2.33. The highest BCUT2D eigenvalue weighted by molar-refractivity contribution is 5.92. The van der Waals surface area contributed by atoms with Crippen molar-refractivity contribution in [3.63, 3.8) is 0 Å². The Balaban J connectivity index is 1.45. The summed E-state index contributed by atoms with van der Waals surface area (Å²) in [6.45, 7) is 4.32. The largest absolute Gasteiger partial charge is 0.381 e. The highest BCUT2D eigenvalue weighted by atomic mass is 16.5. The van der Waals surface area contributed by atoms with Gasteiger partial charge in [0.05, 0.1) is 6.10 Å². The average molecular weight is 373 g/mol. The number of nitrogens with zero attached hydrogens (tertiary/aromatic N) is 1. The molecule has 1 saturated carbocycles. The minimum absolute atomic E-state index is 0.190. The normalized spacial score (nSPS) is 24.0. The summed E-state index contributed by atoms with van der Waals surface area (Å²) in [6, 6.07) is 8.35. The van der Waals surface area contributed by atoms with Crippen molar-refractivity contribution in [2.24, 2.45) is 11.8 Å². The van der Waals surface area contributed by atoms with Crippen LogP contribution in [0.25, 0.3) is 0 Å². The van der Waals surface area contributed by atoms with Gasteiger partial charge in [-0.15, -0.1) is 0 Å². The van der Waals surface area contributed by atoms with Crippen molar-refractivity contribution in [3.05, 3.63) is 24.3 Å². The lowest BCUT2D eigenvalue weighted by Crippen LogP contribution is -2.36. The first-order chi connectivity index (χ1) is 13.2. The van der Waals surface area contributed by atoms with Crippen molar-refractivity contribution < 1.29 is 9.53 Å². The third kappa shape index (κ3) is 5.71. The molecule has 150 valence electrons. The highest BCUT2D eigenvalue weighted by Crippen LogP contribution is 2.32. The second-order valence-electron chi connectivity index (χ2n) is 8.32. The molecule has 2 fully saturated rings. The van der Waals surface area contributed by atoms with E-state index in [2.05, 4.69) is 29.3 Å². The Kier molecular flexibility index (Phi) is 7.57. The smallest absolute Gasteiger partial charge is 0.227 e. The summed E-state index contributed by atoms with van der Waals surface area (Å²) in [6.07, 6.45) is 11.0. The van der Waals surface area contributed by atoms with Gasteiger partial charge >= 0.3 is 0 Å². The van der Waals surface area contributed by atoms with E-state index in [0.717, 1.165) is 50.4 Å². The fourth-order valence-corrected chi connectivity index (χ4v) is 4.56. The standard InChI is InChI=1S/C23H36N2O2/c1-3-4-5-18-6-8-19(9-7-18)23(26)24-20-10-12-21(13-11-20)25-16-14-22(27-2)15-17-25/h10-13,18-19,22H,3-9,14-17H2,1-2H3,(H,24,26). The molecular weight excluding hydrogens is 336 g/mol. The van der Waals surface area contributed by atoms with Gasteiger partial charge in [-0.25, -0.2) is 0 Å². The fraction of sp³-hybridized carbons (Fsp3) is 0.696. The number of anilines is 2. The Morgan fingerprint density at radius 1 is 1.07 bits per heavy atom. The van der Waals surface area contributed by atoms with E-state index in [0.29, 0.717) is 6.10 Å². The number of unbranched alkanes of at least 4 members (excludes halogenated alkanes) is 1. The summed E-state index contributed by atoms with van der Waals surface area (Å²) in [5.74, 6) is 1.24. The van der Waals surface area contributed by atoms with E-state index in [4.69, 9.17) is 4.74 Å². The van der Waals surface area contributed by atoms with Crippen molar-refractivity contribution in [1.29, 1.82) is 0 Å². The molecule has 1 aromatic carbocycles. The molecule has 1 amide bonds. The van der Waals surface area contributed by atoms with Gasteiger partial charge < -0.3 is 15.0 Å². The number of methoxy groups -OCH3 is 1. The third-order valence-electron chi connectivity index (χ3n) is 6.46. The van der Waals surface area contributed by atoms with Gasteiger partial charge in [0.25, 0.3) is 0 Å². The van der Waals surface area contributed by atoms with Gasteiger partial charge in [0, 0.05) is 37.5 Å². The topological polar surface area (TPSA) is 41.6 Å². The monoisotopic (exact) mass is 372 g/mol. The van der Waals surface area contributed by atoms with Gasteiger partial charge in [0.1, 0.15) is 0 Å².